The monoisotopic (exact) mass is 1980 g/mol. The number of benzene rings is 10. The van der Waals surface area contributed by atoms with Gasteiger partial charge < -0.3 is 114 Å². The van der Waals surface area contributed by atoms with Crippen LogP contribution in [0.15, 0.2) is 194 Å². The van der Waals surface area contributed by atoms with Gasteiger partial charge in [-0.15, -0.1) is 0 Å². The van der Waals surface area contributed by atoms with Crippen molar-refractivity contribution in [3.05, 3.63) is 283 Å². The Kier molecular flexibility index (Phi) is 42.5. The van der Waals surface area contributed by atoms with Crippen LogP contribution in [-0.2, 0) is 108 Å². The SMILES string of the molecule is c1cc2c3c(c1)Cc1cccc4c1OCCOCCN1CCOCCOc5ccccc5OCCOCCN5CCOCCOc6c7cccc6Cc6cccc8c6OCCOCCN(CCOCCOc6ccccc6OCCOCCN(CCOCCO3)CCOCCOc3c(cccc3C4)Cc3cccc(c3OCCOCC1)C2)CCOCCOc1c(cccc1Cc1cccc(c1OCCOCC5)C8)C7. The number of hydrogen-bond donors (Lipinski definition) is 0. The highest BCUT2D eigenvalue weighted by Gasteiger charge is 2.28. The molecule has 28 nitrogen and oxygen atoms in total. The second kappa shape index (κ2) is 58.5. The Bertz CT molecular complexity index is 4440. The van der Waals surface area contributed by atoms with Gasteiger partial charge in [0.1, 0.15) is 125 Å². The Balaban J connectivity index is 0.589. The molecule has 144 heavy (non-hydrogen) atoms. The minimum atomic E-state index is 0.325. The number of hydrogen-bond acceptors (Lipinski definition) is 28. The van der Waals surface area contributed by atoms with Crippen molar-refractivity contribution in [2.24, 2.45) is 0 Å². The van der Waals surface area contributed by atoms with Crippen LogP contribution in [0.2, 0.25) is 0 Å². The van der Waals surface area contributed by atoms with Crippen LogP contribution in [0.1, 0.15) is 89.0 Å². The zero-order valence-electron chi connectivity index (χ0n) is 83.7. The van der Waals surface area contributed by atoms with E-state index in [9.17, 15) is 0 Å². The average Bonchev–Trinajstić information content (AvgIpc) is 0.788. The molecule has 0 saturated carbocycles. The normalized spacial score (nSPS) is 20.9. The standard InChI is InChI=1S/C116H144N4O24/c1-2-30-106-105(29-1)133-69-57-121-45-33-117-37-49-125-61-73-137-109-89-13-5-14-90(109)82-98-22-10-24-100-84-92-16-6-15-91(110(92)138-74-62-126-50-38-117)83-99-23-9-21-97(81-89)113(99)141-77-65-129-53-41-119(42-54-130-66-78-142-114(98)100)35-47-123-59-71-135-107-31-3-4-32-108(107)136-72-60-124-48-36-120-43-55-131-67-79-143-115-101-25-11-27-103(115)87-95-19-8-20-96-88-104-28-12-26-102(116(104)144-80-68-132-56-44-120)86-94-18-7-17-93(85-101)111(94)139-75-63-127-51-39-118(34-46-122-58-70-134-106)40-52-128-64-76-140-112(95)96/h1-32H,33-88H2. The molecule has 28 bridgehead atoms. The minimum absolute atomic E-state index is 0.325. The van der Waals surface area contributed by atoms with Gasteiger partial charge in [0.05, 0.1) is 159 Å². The molecular weight excluding hydrogens is 1830 g/mol. The van der Waals surface area contributed by atoms with Crippen molar-refractivity contribution < 1.29 is 114 Å². The van der Waals surface area contributed by atoms with Gasteiger partial charge in [0, 0.05) is 130 Å². The van der Waals surface area contributed by atoms with Gasteiger partial charge in [-0.25, -0.2) is 0 Å². The van der Waals surface area contributed by atoms with E-state index in [0.717, 1.165) is 135 Å². The van der Waals surface area contributed by atoms with Crippen LogP contribution < -0.4 is 56.8 Å². The molecule has 0 saturated heterocycles. The van der Waals surface area contributed by atoms with Gasteiger partial charge in [-0.05, 0) is 113 Å². The lowest BCUT2D eigenvalue weighted by molar-refractivity contribution is 0.0348. The Hall–Kier alpha value is -10.8. The average molecular weight is 1980 g/mol. The van der Waals surface area contributed by atoms with E-state index in [0.29, 0.717) is 391 Å². The van der Waals surface area contributed by atoms with Gasteiger partial charge in [-0.1, -0.05) is 170 Å². The van der Waals surface area contributed by atoms with Gasteiger partial charge >= 0.3 is 0 Å². The summed E-state index contributed by atoms with van der Waals surface area (Å²) in [5.41, 5.74) is 16.5. The summed E-state index contributed by atoms with van der Waals surface area (Å²) in [4.78, 5) is 9.28. The smallest absolute Gasteiger partial charge is 0.161 e. The lowest BCUT2D eigenvalue weighted by atomic mass is 9.91. The van der Waals surface area contributed by atoms with E-state index in [-0.39, 0.29) is 0 Å². The summed E-state index contributed by atoms with van der Waals surface area (Å²) < 4.78 is 158. The van der Waals surface area contributed by atoms with Crippen LogP contribution in [0.25, 0.3) is 0 Å². The van der Waals surface area contributed by atoms with Crippen LogP contribution >= 0.6 is 0 Å². The third-order valence-electron chi connectivity index (χ3n) is 26.5. The van der Waals surface area contributed by atoms with E-state index in [1.165, 1.54) is 0 Å². The molecule has 28 heteroatoms. The third-order valence-corrected chi connectivity index (χ3v) is 26.5. The highest BCUT2D eigenvalue weighted by molar-refractivity contribution is 5.59. The fourth-order valence-electron chi connectivity index (χ4n) is 19.2. The fraction of sp³-hybridized carbons (Fsp3) is 0.483. The van der Waals surface area contributed by atoms with Crippen molar-refractivity contribution in [1.29, 1.82) is 0 Å². The molecule has 2 aliphatic carbocycles. The fourth-order valence-corrected chi connectivity index (χ4v) is 19.2. The summed E-state index contributed by atoms with van der Waals surface area (Å²) in [6, 6.07) is 67.3. The lowest BCUT2D eigenvalue weighted by Crippen LogP contribution is -2.34. The topological polar surface area (TPSA) is 234 Å². The molecule has 0 spiro atoms. The van der Waals surface area contributed by atoms with Crippen molar-refractivity contribution in [3.8, 4) is 69.0 Å². The second-order valence-electron chi connectivity index (χ2n) is 36.4. The molecule has 0 N–H and O–H groups in total. The largest absolute Gasteiger partial charge is 0.491 e. The van der Waals surface area contributed by atoms with Gasteiger partial charge in [0.25, 0.3) is 0 Å². The molecule has 0 aromatic heterocycles. The van der Waals surface area contributed by atoms with Crippen LogP contribution in [0.3, 0.4) is 0 Å². The molecule has 0 atom stereocenters. The Morgan fingerprint density at radius 2 is 0.222 bits per heavy atom. The first-order valence-corrected chi connectivity index (χ1v) is 51.9. The maximum atomic E-state index is 7.02. The number of para-hydroxylation sites is 12. The van der Waals surface area contributed by atoms with Gasteiger partial charge in [-0.3, -0.25) is 19.6 Å². The van der Waals surface area contributed by atoms with Crippen LogP contribution in [0.4, 0.5) is 0 Å². The molecule has 26 aliphatic rings. The predicted octanol–water partition coefficient (Wildman–Crippen LogP) is 14.2. The number of nitrogens with zero attached hydrogens (tertiary/aromatic N) is 4. The summed E-state index contributed by atoms with van der Waals surface area (Å²) in [6.07, 6.45) is 4.31. The second-order valence-corrected chi connectivity index (χ2v) is 36.4. The molecule has 10 aromatic rings. The summed E-state index contributed by atoms with van der Waals surface area (Å²) in [5, 5.41) is 0. The van der Waals surface area contributed by atoms with Gasteiger partial charge in [-0.2, -0.15) is 0 Å². The Morgan fingerprint density at radius 1 is 0.111 bits per heavy atom. The maximum Gasteiger partial charge on any atom is 0.161 e. The van der Waals surface area contributed by atoms with Crippen molar-refractivity contribution >= 4 is 0 Å². The summed E-state index contributed by atoms with van der Waals surface area (Å²) in [5.74, 6) is 9.06. The summed E-state index contributed by atoms with van der Waals surface area (Å²) in [6.45, 7) is 21.9. The lowest BCUT2D eigenvalue weighted by Gasteiger charge is -2.24. The van der Waals surface area contributed by atoms with Crippen LogP contribution in [-0.4, -0.2) is 336 Å². The summed E-state index contributed by atoms with van der Waals surface area (Å²) >= 11 is 0. The Morgan fingerprint density at radius 3 is 0.340 bits per heavy atom. The van der Waals surface area contributed by atoms with Crippen molar-refractivity contribution in [1.82, 2.24) is 19.6 Å². The van der Waals surface area contributed by atoms with E-state index in [1.807, 2.05) is 48.5 Å². The van der Waals surface area contributed by atoms with Gasteiger partial charge in [0.15, 0.2) is 23.0 Å². The van der Waals surface area contributed by atoms with Crippen molar-refractivity contribution in [3.63, 3.8) is 0 Å². The van der Waals surface area contributed by atoms with E-state index in [2.05, 4.69) is 165 Å². The first-order chi connectivity index (χ1) is 71.5. The minimum Gasteiger partial charge on any atom is -0.491 e. The molecular formula is C116H144N4O24. The number of ether oxygens (including phenoxy) is 24. The van der Waals surface area contributed by atoms with Gasteiger partial charge in [0.2, 0.25) is 0 Å². The van der Waals surface area contributed by atoms with Crippen molar-refractivity contribution in [2.45, 2.75) is 51.4 Å². The summed E-state index contributed by atoms with van der Waals surface area (Å²) in [7, 11) is 0. The molecule has 0 radical (unpaired) electrons. The molecule has 0 amide bonds. The van der Waals surface area contributed by atoms with E-state index < -0.39 is 0 Å². The van der Waals surface area contributed by atoms with Crippen LogP contribution in [0.5, 0.6) is 69.0 Å². The molecule has 10 aromatic carbocycles. The zero-order valence-corrected chi connectivity index (χ0v) is 83.7. The molecule has 0 fully saturated rings. The maximum absolute atomic E-state index is 7.02. The van der Waals surface area contributed by atoms with E-state index >= 15 is 0 Å². The zero-order chi connectivity index (χ0) is 97.7. The first kappa shape index (κ1) is 105. The number of rotatable bonds is 0. The molecule has 24 aliphatic heterocycles. The predicted molar refractivity (Wildman–Crippen MR) is 548 cm³/mol. The highest BCUT2D eigenvalue weighted by atomic mass is 16.6. The van der Waals surface area contributed by atoms with Crippen LogP contribution in [0, 0.1) is 0 Å². The van der Waals surface area contributed by atoms with E-state index in [1.54, 1.807) is 0 Å². The quantitative estimate of drug-likeness (QED) is 0.137. The molecule has 0 unspecified atom stereocenters. The molecule has 36 rings (SSSR count). The highest BCUT2D eigenvalue weighted by Crippen LogP contribution is 2.43. The van der Waals surface area contributed by atoms with Crippen molar-refractivity contribution in [2.75, 3.05) is 316 Å². The first-order valence-electron chi connectivity index (χ1n) is 51.9. The third kappa shape index (κ3) is 32.1. The molecule has 772 valence electrons. The Labute approximate surface area is 848 Å². The van der Waals surface area contributed by atoms with E-state index in [4.69, 9.17) is 114 Å². The molecule has 24 heterocycles.